The molecule has 5 rings (SSSR count). The van der Waals surface area contributed by atoms with Crippen molar-refractivity contribution >= 4 is 33.4 Å². The maximum atomic E-state index is 13.3. The largest absolute Gasteiger partial charge is 0.349 e. The third-order valence-electron chi connectivity index (χ3n) is 6.57. The number of fused-ring (bicyclic) bond motifs is 1. The molecule has 0 atom stereocenters. The number of thiophene rings is 1. The summed E-state index contributed by atoms with van der Waals surface area (Å²) in [4.78, 5) is 29.4. The van der Waals surface area contributed by atoms with Gasteiger partial charge in [0, 0.05) is 30.1 Å². The Morgan fingerprint density at radius 3 is 2.51 bits per heavy atom. The van der Waals surface area contributed by atoms with Gasteiger partial charge in [0.25, 0.3) is 11.8 Å². The molecule has 1 fully saturated rings. The summed E-state index contributed by atoms with van der Waals surface area (Å²) in [6.45, 7) is 5.60. The van der Waals surface area contributed by atoms with Crippen LogP contribution in [0.25, 0.3) is 10.2 Å². The lowest BCUT2D eigenvalue weighted by Gasteiger charge is -2.32. The lowest BCUT2D eigenvalue weighted by atomic mass is 10.0. The molecule has 4 aromatic rings. The van der Waals surface area contributed by atoms with Gasteiger partial charge in [0.1, 0.15) is 10.6 Å². The molecule has 0 unspecified atom stereocenters. The molecule has 3 heterocycles. The molecular weight excluding hydrogens is 463 g/mol. The van der Waals surface area contributed by atoms with Crippen LogP contribution in [0.15, 0.2) is 54.6 Å². The first-order valence-corrected chi connectivity index (χ1v) is 12.6. The summed E-state index contributed by atoms with van der Waals surface area (Å²) in [5.41, 5.74) is 3.47. The Kier molecular flexibility index (Phi) is 6.38. The van der Waals surface area contributed by atoms with Crippen LogP contribution in [0, 0.1) is 19.7 Å². The fourth-order valence-electron chi connectivity index (χ4n) is 4.56. The van der Waals surface area contributed by atoms with E-state index in [1.165, 1.54) is 23.5 Å². The molecule has 0 radical (unpaired) electrons. The van der Waals surface area contributed by atoms with Crippen LogP contribution in [0.4, 0.5) is 4.39 Å². The number of hydrogen-bond donors (Lipinski definition) is 1. The van der Waals surface area contributed by atoms with Crippen molar-refractivity contribution in [1.82, 2.24) is 20.0 Å². The van der Waals surface area contributed by atoms with Gasteiger partial charge in [0.2, 0.25) is 0 Å². The fraction of sp³-hybridized carbons (Fsp3) is 0.296. The summed E-state index contributed by atoms with van der Waals surface area (Å²) < 4.78 is 15.1. The number of piperidine rings is 1. The quantitative estimate of drug-likeness (QED) is 0.431. The number of halogens is 1. The number of rotatable bonds is 5. The van der Waals surface area contributed by atoms with Crippen LogP contribution < -0.4 is 5.32 Å². The van der Waals surface area contributed by atoms with Gasteiger partial charge in [-0.2, -0.15) is 5.10 Å². The molecule has 2 amide bonds. The molecule has 2 aromatic carbocycles. The second-order valence-electron chi connectivity index (χ2n) is 9.05. The molecule has 1 aliphatic rings. The highest BCUT2D eigenvalue weighted by Gasteiger charge is 2.27. The van der Waals surface area contributed by atoms with Gasteiger partial charge in [-0.3, -0.25) is 14.3 Å². The normalized spacial score (nSPS) is 14.4. The Bertz CT molecular complexity index is 1380. The van der Waals surface area contributed by atoms with Gasteiger partial charge in [0.05, 0.1) is 17.1 Å². The molecule has 1 aliphatic heterocycles. The van der Waals surface area contributed by atoms with Crippen molar-refractivity contribution in [3.63, 3.8) is 0 Å². The summed E-state index contributed by atoms with van der Waals surface area (Å²) in [6, 6.07) is 15.9. The third kappa shape index (κ3) is 4.84. The highest BCUT2D eigenvalue weighted by Crippen LogP contribution is 2.30. The average molecular weight is 491 g/mol. The third-order valence-corrected chi connectivity index (χ3v) is 7.71. The second kappa shape index (κ2) is 9.62. The zero-order valence-electron chi connectivity index (χ0n) is 19.8. The molecule has 6 nitrogen and oxygen atoms in total. The van der Waals surface area contributed by atoms with Crippen LogP contribution >= 0.6 is 11.3 Å². The number of nitrogens with zero attached hydrogens (tertiary/aromatic N) is 3. The number of hydrogen-bond acceptors (Lipinski definition) is 4. The minimum Gasteiger partial charge on any atom is -0.349 e. The van der Waals surface area contributed by atoms with Crippen LogP contribution in [-0.4, -0.2) is 45.6 Å². The molecule has 8 heteroatoms. The second-order valence-corrected chi connectivity index (χ2v) is 10.1. The van der Waals surface area contributed by atoms with E-state index in [2.05, 4.69) is 10.4 Å². The number of carbonyl (C=O) groups is 2. The van der Waals surface area contributed by atoms with Gasteiger partial charge in [0.15, 0.2) is 0 Å². The molecule has 0 spiro atoms. The molecule has 0 bridgehead atoms. The Balaban J connectivity index is 1.24. The smallest absolute Gasteiger partial charge is 0.264 e. The number of carbonyl (C=O) groups excluding carboxylic acids is 2. The van der Waals surface area contributed by atoms with Crippen molar-refractivity contribution in [1.29, 1.82) is 0 Å². The van der Waals surface area contributed by atoms with Crippen molar-refractivity contribution in [2.24, 2.45) is 0 Å². The lowest BCUT2D eigenvalue weighted by molar-refractivity contribution is 0.0703. The Morgan fingerprint density at radius 2 is 1.80 bits per heavy atom. The zero-order valence-corrected chi connectivity index (χ0v) is 20.6. The highest BCUT2D eigenvalue weighted by atomic mass is 32.1. The van der Waals surface area contributed by atoms with Gasteiger partial charge in [-0.1, -0.05) is 30.3 Å². The van der Waals surface area contributed by atoms with Gasteiger partial charge in [-0.15, -0.1) is 11.3 Å². The van der Waals surface area contributed by atoms with Crippen LogP contribution in [0.1, 0.15) is 49.7 Å². The first-order valence-electron chi connectivity index (χ1n) is 11.8. The summed E-state index contributed by atoms with van der Waals surface area (Å²) >= 11 is 1.44. The maximum absolute atomic E-state index is 13.3. The molecule has 35 heavy (non-hydrogen) atoms. The van der Waals surface area contributed by atoms with E-state index in [4.69, 9.17) is 0 Å². The molecule has 1 N–H and O–H groups in total. The van der Waals surface area contributed by atoms with E-state index in [-0.39, 0.29) is 23.7 Å². The topological polar surface area (TPSA) is 67.2 Å². The van der Waals surface area contributed by atoms with Crippen LogP contribution in [0.5, 0.6) is 0 Å². The fourth-order valence-corrected chi connectivity index (χ4v) is 5.69. The predicted octanol–water partition coefficient (Wildman–Crippen LogP) is 4.94. The summed E-state index contributed by atoms with van der Waals surface area (Å²) in [5, 5.41) is 8.72. The summed E-state index contributed by atoms with van der Waals surface area (Å²) in [7, 11) is 0. The molecule has 0 aliphatic carbocycles. The molecule has 2 aromatic heterocycles. The van der Waals surface area contributed by atoms with E-state index in [1.54, 1.807) is 12.1 Å². The predicted molar refractivity (Wildman–Crippen MR) is 135 cm³/mol. The number of aryl methyl sites for hydroxylation is 2. The molecular formula is C27H27FN4O2S. The Morgan fingerprint density at radius 1 is 1.09 bits per heavy atom. The van der Waals surface area contributed by atoms with Crippen LogP contribution in [0.2, 0.25) is 0 Å². The summed E-state index contributed by atoms with van der Waals surface area (Å²) in [6.07, 6.45) is 1.46. The number of benzene rings is 2. The molecule has 180 valence electrons. The van der Waals surface area contributed by atoms with Crippen LogP contribution in [0.3, 0.4) is 0 Å². The van der Waals surface area contributed by atoms with Gasteiger partial charge < -0.3 is 10.2 Å². The van der Waals surface area contributed by atoms with E-state index in [0.29, 0.717) is 30.1 Å². The minimum absolute atomic E-state index is 0.0163. The van der Waals surface area contributed by atoms with Crippen LogP contribution in [-0.2, 0) is 6.54 Å². The standard InChI is InChI=1S/C27H27FN4O2S/c1-17-5-3-4-6-22(17)25(33)29-21-11-13-31(14-12-21)26(34)24-15-23-18(2)30-32(27(23)35-24)16-19-7-9-20(28)10-8-19/h3-10,15,21H,11-14,16H2,1-2H3,(H,29,33). The minimum atomic E-state index is -0.266. The van der Waals surface area contributed by atoms with Gasteiger partial charge in [-0.05, 0) is 62.1 Å². The SMILES string of the molecule is Cc1ccccc1C(=O)NC1CCN(C(=O)c2cc3c(C)nn(Cc4ccc(F)cc4)c3s2)CC1. The number of aromatic nitrogens is 2. The van der Waals surface area contributed by atoms with Gasteiger partial charge in [-0.25, -0.2) is 4.39 Å². The van der Waals surface area contributed by atoms with Gasteiger partial charge >= 0.3 is 0 Å². The van der Waals surface area contributed by atoms with E-state index in [9.17, 15) is 14.0 Å². The molecule has 0 saturated carbocycles. The first-order chi connectivity index (χ1) is 16.9. The Labute approximate surface area is 207 Å². The monoisotopic (exact) mass is 490 g/mol. The van der Waals surface area contributed by atoms with E-state index < -0.39 is 0 Å². The number of likely N-dealkylation sites (tertiary alicyclic amines) is 1. The number of nitrogens with one attached hydrogen (secondary N) is 1. The van der Waals surface area contributed by atoms with Crippen molar-refractivity contribution in [2.45, 2.75) is 39.3 Å². The number of amides is 2. The van der Waals surface area contributed by atoms with E-state index in [1.807, 2.05) is 53.8 Å². The summed E-state index contributed by atoms with van der Waals surface area (Å²) in [5.74, 6) is -0.306. The average Bonchev–Trinajstić information content (AvgIpc) is 3.42. The van der Waals surface area contributed by atoms with Crippen molar-refractivity contribution < 1.29 is 14.0 Å². The first kappa shape index (κ1) is 23.2. The maximum Gasteiger partial charge on any atom is 0.264 e. The lowest BCUT2D eigenvalue weighted by Crippen LogP contribution is -2.46. The zero-order chi connectivity index (χ0) is 24.5. The van der Waals surface area contributed by atoms with Crippen molar-refractivity contribution in [3.8, 4) is 0 Å². The van der Waals surface area contributed by atoms with E-state index >= 15 is 0 Å². The molecule has 1 saturated heterocycles. The van der Waals surface area contributed by atoms with Crippen molar-refractivity contribution in [3.05, 3.63) is 87.7 Å². The van der Waals surface area contributed by atoms with Crippen molar-refractivity contribution in [2.75, 3.05) is 13.1 Å². The van der Waals surface area contributed by atoms with E-state index in [0.717, 1.165) is 39.9 Å². The highest BCUT2D eigenvalue weighted by molar-refractivity contribution is 7.20. The Hall–Kier alpha value is -3.52.